The van der Waals surface area contributed by atoms with Gasteiger partial charge in [-0.2, -0.15) is 5.10 Å². The Kier molecular flexibility index (Phi) is 3.01. The van der Waals surface area contributed by atoms with Crippen molar-refractivity contribution in [1.29, 1.82) is 0 Å². The van der Waals surface area contributed by atoms with E-state index in [1.807, 2.05) is 0 Å². The van der Waals surface area contributed by atoms with E-state index in [0.717, 1.165) is 0 Å². The monoisotopic (exact) mass is 196 g/mol. The SMILES string of the molecule is CC(=O)OCc1c(C(C)=O)cnn1C. The molecule has 0 radical (unpaired) electrons. The molecule has 0 unspecified atom stereocenters. The summed E-state index contributed by atoms with van der Waals surface area (Å²) in [4.78, 5) is 21.7. The summed E-state index contributed by atoms with van der Waals surface area (Å²) in [6.07, 6.45) is 1.47. The number of ether oxygens (including phenoxy) is 1. The largest absolute Gasteiger partial charge is 0.459 e. The van der Waals surface area contributed by atoms with Crippen LogP contribution in [0.25, 0.3) is 0 Å². The highest BCUT2D eigenvalue weighted by atomic mass is 16.5. The fourth-order valence-electron chi connectivity index (χ4n) is 1.10. The highest BCUT2D eigenvalue weighted by Crippen LogP contribution is 2.09. The first-order chi connectivity index (χ1) is 6.52. The van der Waals surface area contributed by atoms with E-state index in [9.17, 15) is 9.59 Å². The summed E-state index contributed by atoms with van der Waals surface area (Å²) in [5, 5.41) is 3.92. The third-order valence-corrected chi connectivity index (χ3v) is 1.85. The van der Waals surface area contributed by atoms with Gasteiger partial charge in [-0.15, -0.1) is 0 Å². The molecular weight excluding hydrogens is 184 g/mol. The topological polar surface area (TPSA) is 61.2 Å². The molecule has 0 spiro atoms. The van der Waals surface area contributed by atoms with Crippen molar-refractivity contribution in [2.45, 2.75) is 20.5 Å². The van der Waals surface area contributed by atoms with Gasteiger partial charge in [-0.1, -0.05) is 0 Å². The van der Waals surface area contributed by atoms with Crippen LogP contribution in [0.1, 0.15) is 29.9 Å². The molecule has 0 aliphatic rings. The molecule has 0 bridgehead atoms. The molecule has 0 atom stereocenters. The molecule has 1 heterocycles. The van der Waals surface area contributed by atoms with Crippen LogP contribution in [-0.4, -0.2) is 21.5 Å². The fraction of sp³-hybridized carbons (Fsp3) is 0.444. The number of carbonyl (C=O) groups excluding carboxylic acids is 2. The van der Waals surface area contributed by atoms with E-state index < -0.39 is 0 Å². The third kappa shape index (κ3) is 2.18. The van der Waals surface area contributed by atoms with Crippen LogP contribution in [0.3, 0.4) is 0 Å². The molecule has 1 rings (SSSR count). The van der Waals surface area contributed by atoms with Gasteiger partial charge in [-0.3, -0.25) is 14.3 Å². The minimum absolute atomic E-state index is 0.0831. The lowest BCUT2D eigenvalue weighted by Gasteiger charge is -2.04. The van der Waals surface area contributed by atoms with Crippen LogP contribution in [0.4, 0.5) is 0 Å². The zero-order valence-corrected chi connectivity index (χ0v) is 8.40. The van der Waals surface area contributed by atoms with E-state index in [4.69, 9.17) is 4.74 Å². The summed E-state index contributed by atoms with van der Waals surface area (Å²) >= 11 is 0. The summed E-state index contributed by atoms with van der Waals surface area (Å²) < 4.78 is 6.33. The Morgan fingerprint density at radius 1 is 1.50 bits per heavy atom. The molecule has 0 aliphatic heterocycles. The lowest BCUT2D eigenvalue weighted by molar-refractivity contribution is -0.142. The Balaban J connectivity index is 2.88. The average molecular weight is 196 g/mol. The van der Waals surface area contributed by atoms with Crippen molar-refractivity contribution in [3.05, 3.63) is 17.5 Å². The van der Waals surface area contributed by atoms with Crippen LogP contribution in [-0.2, 0) is 23.2 Å². The Bertz CT molecular complexity index is 368. The predicted octanol–water partition coefficient (Wildman–Crippen LogP) is 0.686. The molecule has 0 aromatic carbocycles. The first-order valence-electron chi connectivity index (χ1n) is 4.17. The maximum absolute atomic E-state index is 11.1. The van der Waals surface area contributed by atoms with Crippen molar-refractivity contribution < 1.29 is 14.3 Å². The standard InChI is InChI=1S/C9H12N2O3/c1-6(12)8-4-10-11(3)9(8)5-14-7(2)13/h4H,5H2,1-3H3. The molecule has 14 heavy (non-hydrogen) atoms. The third-order valence-electron chi connectivity index (χ3n) is 1.85. The van der Waals surface area contributed by atoms with Crippen LogP contribution in [0, 0.1) is 0 Å². The van der Waals surface area contributed by atoms with Gasteiger partial charge in [0.15, 0.2) is 5.78 Å². The number of nitrogens with zero attached hydrogens (tertiary/aromatic N) is 2. The minimum Gasteiger partial charge on any atom is -0.459 e. The number of aryl methyl sites for hydroxylation is 1. The lowest BCUT2D eigenvalue weighted by atomic mass is 10.2. The highest BCUT2D eigenvalue weighted by molar-refractivity contribution is 5.94. The molecule has 0 N–H and O–H groups in total. The van der Waals surface area contributed by atoms with E-state index >= 15 is 0 Å². The highest BCUT2D eigenvalue weighted by Gasteiger charge is 2.13. The molecule has 0 fully saturated rings. The summed E-state index contributed by atoms with van der Waals surface area (Å²) in [5.74, 6) is -0.457. The van der Waals surface area contributed by atoms with E-state index in [-0.39, 0.29) is 18.4 Å². The van der Waals surface area contributed by atoms with Gasteiger partial charge in [0.25, 0.3) is 0 Å². The number of ketones is 1. The molecule has 1 aromatic heterocycles. The number of esters is 1. The quantitative estimate of drug-likeness (QED) is 0.527. The number of hydrogen-bond donors (Lipinski definition) is 0. The molecular formula is C9H12N2O3. The van der Waals surface area contributed by atoms with Crippen LogP contribution in [0.5, 0.6) is 0 Å². The molecule has 5 nitrogen and oxygen atoms in total. The Hall–Kier alpha value is -1.65. The predicted molar refractivity (Wildman–Crippen MR) is 48.7 cm³/mol. The van der Waals surface area contributed by atoms with Gasteiger partial charge >= 0.3 is 5.97 Å². The number of aromatic nitrogens is 2. The van der Waals surface area contributed by atoms with Crippen molar-refractivity contribution >= 4 is 11.8 Å². The van der Waals surface area contributed by atoms with Gasteiger partial charge in [0.05, 0.1) is 17.5 Å². The van der Waals surface area contributed by atoms with Crippen molar-refractivity contribution in [2.24, 2.45) is 7.05 Å². The summed E-state index contributed by atoms with van der Waals surface area (Å²) in [5.41, 5.74) is 1.11. The maximum Gasteiger partial charge on any atom is 0.303 e. The van der Waals surface area contributed by atoms with Gasteiger partial charge in [0, 0.05) is 14.0 Å². The second-order valence-corrected chi connectivity index (χ2v) is 2.96. The lowest BCUT2D eigenvalue weighted by Crippen LogP contribution is -2.07. The van der Waals surface area contributed by atoms with Gasteiger partial charge in [-0.25, -0.2) is 0 Å². The molecule has 0 saturated heterocycles. The van der Waals surface area contributed by atoms with Crippen LogP contribution in [0.2, 0.25) is 0 Å². The molecule has 0 amide bonds. The minimum atomic E-state index is -0.374. The zero-order valence-electron chi connectivity index (χ0n) is 8.40. The van der Waals surface area contributed by atoms with Gasteiger partial charge in [0.1, 0.15) is 6.61 Å². The summed E-state index contributed by atoms with van der Waals surface area (Å²) in [6, 6.07) is 0. The number of rotatable bonds is 3. The zero-order chi connectivity index (χ0) is 10.7. The normalized spacial score (nSPS) is 9.93. The van der Waals surface area contributed by atoms with E-state index in [1.54, 1.807) is 7.05 Å². The molecule has 0 aliphatic carbocycles. The molecule has 5 heteroatoms. The Labute approximate surface area is 81.7 Å². The van der Waals surface area contributed by atoms with E-state index in [0.29, 0.717) is 11.3 Å². The van der Waals surface area contributed by atoms with Gasteiger partial charge < -0.3 is 4.74 Å². The smallest absolute Gasteiger partial charge is 0.303 e. The van der Waals surface area contributed by atoms with Crippen LogP contribution in [0.15, 0.2) is 6.20 Å². The molecule has 1 aromatic rings. The van der Waals surface area contributed by atoms with Crippen molar-refractivity contribution in [1.82, 2.24) is 9.78 Å². The maximum atomic E-state index is 11.1. The Morgan fingerprint density at radius 3 is 2.64 bits per heavy atom. The first-order valence-corrected chi connectivity index (χ1v) is 4.17. The van der Waals surface area contributed by atoms with Gasteiger partial charge in [-0.05, 0) is 6.92 Å². The first kappa shape index (κ1) is 10.4. The van der Waals surface area contributed by atoms with Crippen LogP contribution < -0.4 is 0 Å². The second-order valence-electron chi connectivity index (χ2n) is 2.96. The second kappa shape index (κ2) is 4.04. The summed E-state index contributed by atoms with van der Waals surface area (Å²) in [7, 11) is 1.70. The average Bonchev–Trinajstić information content (AvgIpc) is 2.43. The number of carbonyl (C=O) groups is 2. The van der Waals surface area contributed by atoms with E-state index in [2.05, 4.69) is 5.10 Å². The Morgan fingerprint density at radius 2 is 2.14 bits per heavy atom. The number of Topliss-reactive ketones (excluding diaryl/α,β-unsaturated/α-hetero) is 1. The van der Waals surface area contributed by atoms with Crippen molar-refractivity contribution in [3.8, 4) is 0 Å². The van der Waals surface area contributed by atoms with Crippen molar-refractivity contribution in [2.75, 3.05) is 0 Å². The number of hydrogen-bond acceptors (Lipinski definition) is 4. The van der Waals surface area contributed by atoms with E-state index in [1.165, 1.54) is 24.7 Å². The van der Waals surface area contributed by atoms with Gasteiger partial charge in [0.2, 0.25) is 0 Å². The van der Waals surface area contributed by atoms with Crippen LogP contribution >= 0.6 is 0 Å². The van der Waals surface area contributed by atoms with Crippen molar-refractivity contribution in [3.63, 3.8) is 0 Å². The fourth-order valence-corrected chi connectivity index (χ4v) is 1.10. The molecule has 76 valence electrons. The summed E-state index contributed by atoms with van der Waals surface area (Å²) in [6.45, 7) is 2.86. The molecule has 0 saturated carbocycles.